The second-order valence-electron chi connectivity index (χ2n) is 8.09. The van der Waals surface area contributed by atoms with Gasteiger partial charge in [-0.2, -0.15) is 0 Å². The first kappa shape index (κ1) is 22.3. The van der Waals surface area contributed by atoms with E-state index in [1.165, 1.54) is 5.69 Å². The predicted molar refractivity (Wildman–Crippen MR) is 130 cm³/mol. The molecule has 2 heterocycles. The quantitative estimate of drug-likeness (QED) is 0.563. The molecule has 0 spiro atoms. The van der Waals surface area contributed by atoms with Crippen LogP contribution in [0.3, 0.4) is 0 Å². The monoisotopic (exact) mass is 450 g/mol. The second-order valence-corrected chi connectivity index (χ2v) is 9.15. The van der Waals surface area contributed by atoms with Crippen LogP contribution in [0.15, 0.2) is 60.0 Å². The lowest BCUT2D eigenvalue weighted by molar-refractivity contribution is 0.0934. The summed E-state index contributed by atoms with van der Waals surface area (Å²) in [6.45, 7) is 9.16. The van der Waals surface area contributed by atoms with Crippen LogP contribution in [-0.4, -0.2) is 54.6 Å². The maximum absolute atomic E-state index is 12.7. The lowest BCUT2D eigenvalue weighted by Crippen LogP contribution is -2.52. The summed E-state index contributed by atoms with van der Waals surface area (Å²) >= 11 is 1.61. The van der Waals surface area contributed by atoms with Gasteiger partial charge in [0.1, 0.15) is 12.4 Å². The zero-order chi connectivity index (χ0) is 22.3. The number of hydrogen-bond acceptors (Lipinski definition) is 6. The van der Waals surface area contributed by atoms with Crippen molar-refractivity contribution in [3.63, 3.8) is 0 Å². The number of aryl methyl sites for hydroxylation is 1. The molecule has 6 nitrogen and oxygen atoms in total. The van der Waals surface area contributed by atoms with Gasteiger partial charge in [-0.15, -0.1) is 11.3 Å². The molecular formula is C25H30N4O2S. The van der Waals surface area contributed by atoms with Crippen LogP contribution in [0.25, 0.3) is 0 Å². The SMILES string of the molecule is Cc1nc(COc2cccc(C(=O)NCC(C)N3CCN(c4ccccc4)CC3)c2)cs1. The molecular weight excluding hydrogens is 420 g/mol. The first-order valence-corrected chi connectivity index (χ1v) is 11.9. The van der Waals surface area contributed by atoms with Crippen LogP contribution < -0.4 is 15.0 Å². The lowest BCUT2D eigenvalue weighted by Gasteiger charge is -2.39. The van der Waals surface area contributed by atoms with Gasteiger partial charge in [-0.05, 0) is 44.2 Å². The van der Waals surface area contributed by atoms with Crippen LogP contribution in [0.2, 0.25) is 0 Å². The van der Waals surface area contributed by atoms with Gasteiger partial charge >= 0.3 is 0 Å². The van der Waals surface area contributed by atoms with Gasteiger partial charge in [-0.3, -0.25) is 9.69 Å². The smallest absolute Gasteiger partial charge is 0.251 e. The van der Waals surface area contributed by atoms with Crippen molar-refractivity contribution in [1.82, 2.24) is 15.2 Å². The Morgan fingerprint density at radius 1 is 1.12 bits per heavy atom. The number of para-hydroxylation sites is 1. The van der Waals surface area contributed by atoms with Gasteiger partial charge in [-0.1, -0.05) is 24.3 Å². The van der Waals surface area contributed by atoms with Crippen LogP contribution in [-0.2, 0) is 6.61 Å². The molecule has 1 N–H and O–H groups in total. The van der Waals surface area contributed by atoms with E-state index in [0.29, 0.717) is 24.5 Å². The fraction of sp³-hybridized carbons (Fsp3) is 0.360. The molecule has 2 aromatic carbocycles. The average Bonchev–Trinajstić information content (AvgIpc) is 3.27. The van der Waals surface area contributed by atoms with Gasteiger partial charge in [0.05, 0.1) is 10.7 Å². The first-order chi connectivity index (χ1) is 15.6. The third-order valence-electron chi connectivity index (χ3n) is 5.77. The second kappa shape index (κ2) is 10.6. The highest BCUT2D eigenvalue weighted by atomic mass is 32.1. The Labute approximate surface area is 193 Å². The number of anilines is 1. The summed E-state index contributed by atoms with van der Waals surface area (Å²) in [4.78, 5) is 22.0. The van der Waals surface area contributed by atoms with Crippen molar-refractivity contribution in [3.05, 3.63) is 76.2 Å². The summed E-state index contributed by atoms with van der Waals surface area (Å²) in [5.74, 6) is 0.600. The van der Waals surface area contributed by atoms with Crippen molar-refractivity contribution < 1.29 is 9.53 Å². The molecule has 32 heavy (non-hydrogen) atoms. The van der Waals surface area contributed by atoms with Crippen LogP contribution >= 0.6 is 11.3 Å². The zero-order valence-corrected chi connectivity index (χ0v) is 19.5. The Hall–Kier alpha value is -2.90. The Morgan fingerprint density at radius 2 is 1.91 bits per heavy atom. The molecule has 1 aliphatic heterocycles. The number of amides is 1. The third-order valence-corrected chi connectivity index (χ3v) is 6.59. The number of nitrogens with zero attached hydrogens (tertiary/aromatic N) is 3. The maximum atomic E-state index is 12.7. The number of nitrogens with one attached hydrogen (secondary N) is 1. The van der Waals surface area contributed by atoms with Gasteiger partial charge in [0.25, 0.3) is 5.91 Å². The number of hydrogen-bond donors (Lipinski definition) is 1. The summed E-state index contributed by atoms with van der Waals surface area (Å²) < 4.78 is 5.81. The number of carbonyl (C=O) groups is 1. The number of benzene rings is 2. The number of aromatic nitrogens is 1. The fourth-order valence-corrected chi connectivity index (χ4v) is 4.49. The van der Waals surface area contributed by atoms with Crippen LogP contribution in [0.5, 0.6) is 5.75 Å². The van der Waals surface area contributed by atoms with E-state index in [9.17, 15) is 4.79 Å². The van der Waals surface area contributed by atoms with Gasteiger partial charge in [0.2, 0.25) is 0 Å². The fourth-order valence-electron chi connectivity index (χ4n) is 3.89. The van der Waals surface area contributed by atoms with Gasteiger partial charge in [0, 0.05) is 55.4 Å². The van der Waals surface area contributed by atoms with E-state index in [2.05, 4.69) is 51.3 Å². The molecule has 0 bridgehead atoms. The molecule has 7 heteroatoms. The number of thiazole rings is 1. The van der Waals surface area contributed by atoms with Crippen LogP contribution in [0, 0.1) is 6.92 Å². The molecule has 1 saturated heterocycles. The molecule has 1 atom stereocenters. The molecule has 0 saturated carbocycles. The summed E-state index contributed by atoms with van der Waals surface area (Å²) in [6.07, 6.45) is 0. The molecule has 1 unspecified atom stereocenters. The van der Waals surface area contributed by atoms with E-state index in [4.69, 9.17) is 4.74 Å². The van der Waals surface area contributed by atoms with E-state index < -0.39 is 0 Å². The molecule has 1 fully saturated rings. The maximum Gasteiger partial charge on any atom is 0.251 e. The number of piperazine rings is 1. The van der Waals surface area contributed by atoms with Gasteiger partial charge in [-0.25, -0.2) is 4.98 Å². The minimum absolute atomic E-state index is 0.0743. The van der Waals surface area contributed by atoms with Gasteiger partial charge in [0.15, 0.2) is 0 Å². The van der Waals surface area contributed by atoms with Crippen molar-refractivity contribution in [1.29, 1.82) is 0 Å². The van der Waals surface area contributed by atoms with Gasteiger partial charge < -0.3 is 15.0 Å². The Kier molecular flexibility index (Phi) is 7.39. The predicted octanol–water partition coefficient (Wildman–Crippen LogP) is 3.97. The third kappa shape index (κ3) is 5.87. The molecule has 1 aromatic heterocycles. The zero-order valence-electron chi connectivity index (χ0n) is 18.7. The van der Waals surface area contributed by atoms with E-state index in [0.717, 1.165) is 36.9 Å². The van der Waals surface area contributed by atoms with Crippen molar-refractivity contribution >= 4 is 22.9 Å². The van der Waals surface area contributed by atoms with Crippen LogP contribution in [0.4, 0.5) is 5.69 Å². The van der Waals surface area contributed by atoms with Crippen molar-refractivity contribution in [3.8, 4) is 5.75 Å². The largest absolute Gasteiger partial charge is 0.487 e. The topological polar surface area (TPSA) is 57.7 Å². The average molecular weight is 451 g/mol. The highest BCUT2D eigenvalue weighted by Crippen LogP contribution is 2.18. The molecule has 1 amide bonds. The molecule has 4 rings (SSSR count). The standard InChI is InChI=1S/C25H30N4O2S/c1-19(28-11-13-29(14-12-28)23-8-4-3-5-9-23)16-26-25(30)21-7-6-10-24(15-21)31-17-22-18-32-20(2)27-22/h3-10,15,18-19H,11-14,16-17H2,1-2H3,(H,26,30). The highest BCUT2D eigenvalue weighted by Gasteiger charge is 2.21. The Morgan fingerprint density at radius 3 is 2.62 bits per heavy atom. The van der Waals surface area contributed by atoms with E-state index >= 15 is 0 Å². The summed E-state index contributed by atoms with van der Waals surface area (Å²) in [6, 6.07) is 18.1. The molecule has 168 valence electrons. The number of carbonyl (C=O) groups excluding carboxylic acids is 1. The van der Waals surface area contributed by atoms with Crippen molar-refractivity contribution in [2.24, 2.45) is 0 Å². The summed E-state index contributed by atoms with van der Waals surface area (Å²) in [5, 5.41) is 6.10. The van der Waals surface area contributed by atoms with Crippen molar-refractivity contribution in [2.75, 3.05) is 37.6 Å². The lowest BCUT2D eigenvalue weighted by atomic mass is 10.1. The van der Waals surface area contributed by atoms with Crippen molar-refractivity contribution in [2.45, 2.75) is 26.5 Å². The summed E-state index contributed by atoms with van der Waals surface area (Å²) in [5.41, 5.74) is 2.79. The molecule has 3 aromatic rings. The molecule has 1 aliphatic rings. The summed E-state index contributed by atoms with van der Waals surface area (Å²) in [7, 11) is 0. The molecule has 0 aliphatic carbocycles. The molecule has 0 radical (unpaired) electrons. The van der Waals surface area contributed by atoms with E-state index in [1.54, 1.807) is 17.4 Å². The minimum atomic E-state index is -0.0743. The van der Waals surface area contributed by atoms with Crippen LogP contribution in [0.1, 0.15) is 28.0 Å². The first-order valence-electron chi connectivity index (χ1n) is 11.0. The normalized spacial score (nSPS) is 15.4. The van der Waals surface area contributed by atoms with E-state index in [1.807, 2.05) is 36.6 Å². The minimum Gasteiger partial charge on any atom is -0.487 e. The Bertz CT molecular complexity index is 1020. The number of rotatable bonds is 8. The Balaban J connectivity index is 1.23. The highest BCUT2D eigenvalue weighted by molar-refractivity contribution is 7.09. The van der Waals surface area contributed by atoms with E-state index in [-0.39, 0.29) is 11.9 Å². The number of ether oxygens (including phenoxy) is 1.